The normalized spacial score (nSPS) is 29.7. The zero-order chi connectivity index (χ0) is 15.7. The van der Waals surface area contributed by atoms with Crippen molar-refractivity contribution in [3.8, 4) is 0 Å². The van der Waals surface area contributed by atoms with Crippen LogP contribution < -0.4 is 0 Å². The van der Waals surface area contributed by atoms with Crippen molar-refractivity contribution >= 4 is 23.8 Å². The molecule has 2 amide bonds. The maximum atomic E-state index is 12.8. The zero-order valence-electron chi connectivity index (χ0n) is 13.2. The molecule has 0 aromatic heterocycles. The molecule has 6 nitrogen and oxygen atoms in total. The maximum Gasteiger partial charge on any atom is 0.327 e. The van der Waals surface area contributed by atoms with Gasteiger partial charge < -0.3 is 14.9 Å². The number of carbonyl (C=O) groups excluding carboxylic acids is 1. The van der Waals surface area contributed by atoms with E-state index in [4.69, 9.17) is 0 Å². The second-order valence-electron chi connectivity index (χ2n) is 6.36. The third kappa shape index (κ3) is 3.29. The van der Waals surface area contributed by atoms with Gasteiger partial charge in [-0.2, -0.15) is 0 Å². The molecular formula is C14H25N3O3S. The Morgan fingerprint density at radius 3 is 2.48 bits per heavy atom. The van der Waals surface area contributed by atoms with Crippen LogP contribution in [0.15, 0.2) is 0 Å². The summed E-state index contributed by atoms with van der Waals surface area (Å²) < 4.78 is 0. The number of aliphatic carboxylic acids is 1. The molecule has 2 rings (SSSR count). The summed E-state index contributed by atoms with van der Waals surface area (Å²) >= 11 is 1.58. The molecule has 120 valence electrons. The van der Waals surface area contributed by atoms with Crippen molar-refractivity contribution in [2.24, 2.45) is 5.92 Å². The lowest BCUT2D eigenvalue weighted by atomic mass is 10.1. The Hall–Kier alpha value is -0.950. The first-order valence-corrected chi connectivity index (χ1v) is 8.46. The molecule has 0 saturated carbocycles. The van der Waals surface area contributed by atoms with Crippen LogP contribution in [0.1, 0.15) is 20.3 Å². The summed E-state index contributed by atoms with van der Waals surface area (Å²) in [7, 11) is 4.03. The maximum absolute atomic E-state index is 12.8. The van der Waals surface area contributed by atoms with Gasteiger partial charge >= 0.3 is 12.0 Å². The SMILES string of the molecule is CC(C)C1SCC(C(=O)O)N1C(=O)N1CCC(N(C)C)C1. The van der Waals surface area contributed by atoms with Gasteiger partial charge in [-0.05, 0) is 26.4 Å². The van der Waals surface area contributed by atoms with E-state index >= 15 is 0 Å². The molecule has 1 N–H and O–H groups in total. The third-order valence-corrected chi connectivity index (χ3v) is 5.90. The van der Waals surface area contributed by atoms with Crippen molar-refractivity contribution in [3.05, 3.63) is 0 Å². The molecule has 0 aromatic carbocycles. The molecule has 0 spiro atoms. The molecular weight excluding hydrogens is 290 g/mol. The molecule has 3 atom stereocenters. The second kappa shape index (κ2) is 6.44. The van der Waals surface area contributed by atoms with Crippen LogP contribution in [-0.2, 0) is 4.79 Å². The first-order valence-electron chi connectivity index (χ1n) is 7.41. The molecule has 0 aliphatic carbocycles. The van der Waals surface area contributed by atoms with E-state index in [1.165, 1.54) is 0 Å². The van der Waals surface area contributed by atoms with E-state index in [9.17, 15) is 14.7 Å². The number of amides is 2. The van der Waals surface area contributed by atoms with Gasteiger partial charge in [0.05, 0.1) is 5.37 Å². The fraction of sp³-hybridized carbons (Fsp3) is 0.857. The molecule has 0 radical (unpaired) electrons. The van der Waals surface area contributed by atoms with E-state index in [-0.39, 0.29) is 17.3 Å². The molecule has 3 unspecified atom stereocenters. The van der Waals surface area contributed by atoms with Crippen molar-refractivity contribution in [1.29, 1.82) is 0 Å². The summed E-state index contributed by atoms with van der Waals surface area (Å²) in [5.74, 6) is -0.174. The molecule has 2 fully saturated rings. The van der Waals surface area contributed by atoms with Crippen molar-refractivity contribution < 1.29 is 14.7 Å². The molecule has 2 aliphatic heterocycles. The van der Waals surface area contributed by atoms with Crippen molar-refractivity contribution in [3.63, 3.8) is 0 Å². The number of likely N-dealkylation sites (tertiary alicyclic amines) is 1. The molecule has 2 aliphatic rings. The Balaban J connectivity index is 2.12. The highest BCUT2D eigenvalue weighted by molar-refractivity contribution is 8.00. The molecule has 7 heteroatoms. The Morgan fingerprint density at radius 2 is 2.00 bits per heavy atom. The summed E-state index contributed by atoms with van der Waals surface area (Å²) in [5.41, 5.74) is 0. The Bertz CT molecular complexity index is 416. The monoisotopic (exact) mass is 315 g/mol. The summed E-state index contributed by atoms with van der Waals surface area (Å²) in [5, 5.41) is 9.34. The van der Waals surface area contributed by atoms with E-state index in [0.29, 0.717) is 24.9 Å². The first kappa shape index (κ1) is 16.4. The number of rotatable bonds is 3. The van der Waals surface area contributed by atoms with Crippen LogP contribution in [0.4, 0.5) is 4.79 Å². The van der Waals surface area contributed by atoms with Crippen molar-refractivity contribution in [2.45, 2.75) is 37.7 Å². The average Bonchev–Trinajstić information content (AvgIpc) is 3.04. The van der Waals surface area contributed by atoms with E-state index in [1.54, 1.807) is 16.7 Å². The van der Waals surface area contributed by atoms with Crippen LogP contribution in [0.5, 0.6) is 0 Å². The Kier molecular flexibility index (Phi) is 5.03. The smallest absolute Gasteiger partial charge is 0.327 e. The van der Waals surface area contributed by atoms with Gasteiger partial charge in [0.15, 0.2) is 0 Å². The predicted molar refractivity (Wildman–Crippen MR) is 83.4 cm³/mol. The number of thioether (sulfide) groups is 1. The first-order chi connectivity index (χ1) is 9.82. The van der Waals surface area contributed by atoms with Crippen LogP contribution in [-0.4, -0.2) is 82.2 Å². The molecule has 0 aromatic rings. The number of nitrogens with zero attached hydrogens (tertiary/aromatic N) is 3. The minimum absolute atomic E-state index is 0.0444. The number of hydrogen-bond donors (Lipinski definition) is 1. The van der Waals surface area contributed by atoms with Crippen LogP contribution in [0.2, 0.25) is 0 Å². The van der Waals surface area contributed by atoms with Crippen LogP contribution in [0.3, 0.4) is 0 Å². The Morgan fingerprint density at radius 1 is 1.33 bits per heavy atom. The van der Waals surface area contributed by atoms with E-state index in [2.05, 4.69) is 4.90 Å². The summed E-state index contributed by atoms with van der Waals surface area (Å²) in [6, 6.07) is -0.450. The fourth-order valence-corrected chi connectivity index (χ4v) is 4.44. The van der Waals surface area contributed by atoms with E-state index < -0.39 is 12.0 Å². The van der Waals surface area contributed by atoms with Crippen LogP contribution in [0, 0.1) is 5.92 Å². The van der Waals surface area contributed by atoms with Crippen LogP contribution >= 0.6 is 11.8 Å². The number of hydrogen-bond acceptors (Lipinski definition) is 4. The number of carboxylic acid groups (broad SMARTS) is 1. The van der Waals surface area contributed by atoms with E-state index in [0.717, 1.165) is 6.42 Å². The van der Waals surface area contributed by atoms with Gasteiger partial charge in [-0.25, -0.2) is 9.59 Å². The molecule has 2 saturated heterocycles. The lowest BCUT2D eigenvalue weighted by molar-refractivity contribution is -0.141. The second-order valence-corrected chi connectivity index (χ2v) is 7.51. The third-order valence-electron chi connectivity index (χ3n) is 4.28. The summed E-state index contributed by atoms with van der Waals surface area (Å²) in [4.78, 5) is 29.8. The van der Waals surface area contributed by atoms with Gasteiger partial charge in [0.1, 0.15) is 6.04 Å². The van der Waals surface area contributed by atoms with Gasteiger partial charge in [0.25, 0.3) is 0 Å². The topological polar surface area (TPSA) is 64.1 Å². The molecule has 21 heavy (non-hydrogen) atoms. The highest BCUT2D eigenvalue weighted by Gasteiger charge is 2.45. The van der Waals surface area contributed by atoms with Crippen molar-refractivity contribution in [2.75, 3.05) is 32.9 Å². The van der Waals surface area contributed by atoms with Gasteiger partial charge in [-0.1, -0.05) is 13.8 Å². The number of carboxylic acids is 1. The molecule has 0 bridgehead atoms. The van der Waals surface area contributed by atoms with Crippen LogP contribution in [0.25, 0.3) is 0 Å². The average molecular weight is 315 g/mol. The minimum atomic E-state index is -0.901. The minimum Gasteiger partial charge on any atom is -0.480 e. The highest BCUT2D eigenvalue weighted by Crippen LogP contribution is 2.35. The van der Waals surface area contributed by atoms with Gasteiger partial charge in [0.2, 0.25) is 0 Å². The highest BCUT2D eigenvalue weighted by atomic mass is 32.2. The fourth-order valence-electron chi connectivity index (χ4n) is 2.97. The quantitative estimate of drug-likeness (QED) is 0.848. The molecule has 2 heterocycles. The number of likely N-dealkylation sites (N-methyl/N-ethyl adjacent to an activating group) is 1. The van der Waals surface area contributed by atoms with E-state index in [1.807, 2.05) is 32.8 Å². The lowest BCUT2D eigenvalue weighted by Crippen LogP contribution is -2.52. The largest absolute Gasteiger partial charge is 0.480 e. The number of carbonyl (C=O) groups is 2. The standard InChI is InChI=1S/C14H25N3O3S/c1-9(2)12-17(11(8-21-12)13(18)19)14(20)16-6-5-10(7-16)15(3)4/h9-12H,5-8H2,1-4H3,(H,18,19). The van der Waals surface area contributed by atoms with Crippen molar-refractivity contribution in [1.82, 2.24) is 14.7 Å². The Labute approximate surface area is 130 Å². The number of urea groups is 1. The summed E-state index contributed by atoms with van der Waals surface area (Å²) in [6.45, 7) is 5.47. The summed E-state index contributed by atoms with van der Waals surface area (Å²) in [6.07, 6.45) is 0.948. The predicted octanol–water partition coefficient (Wildman–Crippen LogP) is 1.23. The zero-order valence-corrected chi connectivity index (χ0v) is 14.0. The van der Waals surface area contributed by atoms with Gasteiger partial charge in [-0.3, -0.25) is 4.90 Å². The van der Waals surface area contributed by atoms with Gasteiger partial charge in [-0.15, -0.1) is 11.8 Å². The lowest BCUT2D eigenvalue weighted by Gasteiger charge is -2.33. The van der Waals surface area contributed by atoms with Gasteiger partial charge in [0, 0.05) is 24.9 Å².